The van der Waals surface area contributed by atoms with Crippen molar-refractivity contribution in [3.05, 3.63) is 33.8 Å². The third kappa shape index (κ3) is 2.90. The number of oxime groups is 1. The van der Waals surface area contributed by atoms with Crippen LogP contribution in [0, 0.1) is 0 Å². The Hall–Kier alpha value is -0.730. The van der Waals surface area contributed by atoms with Crippen molar-refractivity contribution in [2.24, 2.45) is 5.16 Å². The lowest BCUT2D eigenvalue weighted by Crippen LogP contribution is -1.96. The van der Waals surface area contributed by atoms with E-state index in [0.717, 1.165) is 5.56 Å². The van der Waals surface area contributed by atoms with Crippen LogP contribution in [0.3, 0.4) is 0 Å². The fraction of sp³-hybridized carbons (Fsp3) is 0.222. The van der Waals surface area contributed by atoms with Crippen LogP contribution < -0.4 is 0 Å². The van der Waals surface area contributed by atoms with Gasteiger partial charge in [0.15, 0.2) is 0 Å². The minimum atomic E-state index is 0.518. The van der Waals surface area contributed by atoms with Crippen molar-refractivity contribution >= 4 is 28.9 Å². The molecule has 1 aromatic rings. The Labute approximate surface area is 86.8 Å². The highest BCUT2D eigenvalue weighted by atomic mass is 35.5. The van der Waals surface area contributed by atoms with E-state index in [2.05, 4.69) is 5.16 Å². The van der Waals surface area contributed by atoms with E-state index in [4.69, 9.17) is 28.4 Å². The van der Waals surface area contributed by atoms with Gasteiger partial charge in [-0.05, 0) is 24.6 Å². The summed E-state index contributed by atoms with van der Waals surface area (Å²) in [6.45, 7) is 1.74. The molecule has 70 valence electrons. The first-order chi connectivity index (χ1) is 6.13. The van der Waals surface area contributed by atoms with Crippen LogP contribution in [0.1, 0.15) is 12.5 Å². The molecule has 0 unspecified atom stereocenters. The number of halogens is 2. The van der Waals surface area contributed by atoms with Crippen LogP contribution in [0.5, 0.6) is 0 Å². The van der Waals surface area contributed by atoms with Gasteiger partial charge in [0, 0.05) is 6.42 Å². The molecule has 0 radical (unpaired) electrons. The summed E-state index contributed by atoms with van der Waals surface area (Å²) in [6.07, 6.45) is 0.577. The number of hydrogen-bond donors (Lipinski definition) is 1. The highest BCUT2D eigenvalue weighted by Crippen LogP contribution is 2.22. The van der Waals surface area contributed by atoms with Gasteiger partial charge in [-0.25, -0.2) is 0 Å². The lowest BCUT2D eigenvalue weighted by molar-refractivity contribution is 0.317. The molecule has 0 aromatic heterocycles. The molecule has 0 saturated heterocycles. The van der Waals surface area contributed by atoms with Crippen molar-refractivity contribution in [3.63, 3.8) is 0 Å². The Morgan fingerprint density at radius 1 is 1.38 bits per heavy atom. The lowest BCUT2D eigenvalue weighted by Gasteiger charge is -2.01. The molecule has 1 N–H and O–H groups in total. The van der Waals surface area contributed by atoms with E-state index in [1.165, 1.54) is 0 Å². The van der Waals surface area contributed by atoms with Gasteiger partial charge in [-0.15, -0.1) is 0 Å². The summed E-state index contributed by atoms with van der Waals surface area (Å²) >= 11 is 11.5. The van der Waals surface area contributed by atoms with Crippen LogP contribution in [0.15, 0.2) is 23.4 Å². The summed E-state index contributed by atoms with van der Waals surface area (Å²) in [7, 11) is 0. The van der Waals surface area contributed by atoms with Crippen LogP contribution in [-0.2, 0) is 6.42 Å². The van der Waals surface area contributed by atoms with E-state index < -0.39 is 0 Å². The number of benzene rings is 1. The Balaban J connectivity index is 2.86. The monoisotopic (exact) mass is 217 g/mol. The molecule has 0 spiro atoms. The third-order valence-corrected chi connectivity index (χ3v) is 2.35. The first-order valence-electron chi connectivity index (χ1n) is 3.75. The summed E-state index contributed by atoms with van der Waals surface area (Å²) < 4.78 is 0. The molecule has 4 heteroatoms. The molecule has 13 heavy (non-hydrogen) atoms. The second-order valence-corrected chi connectivity index (χ2v) is 3.57. The number of hydrogen-bond acceptors (Lipinski definition) is 2. The highest BCUT2D eigenvalue weighted by Gasteiger charge is 2.00. The highest BCUT2D eigenvalue weighted by molar-refractivity contribution is 6.42. The van der Waals surface area contributed by atoms with E-state index in [0.29, 0.717) is 22.2 Å². The van der Waals surface area contributed by atoms with Crippen molar-refractivity contribution in [3.8, 4) is 0 Å². The molecule has 0 bridgehead atoms. The van der Waals surface area contributed by atoms with Crippen LogP contribution >= 0.6 is 23.2 Å². The van der Waals surface area contributed by atoms with Gasteiger partial charge in [0.05, 0.1) is 15.8 Å². The predicted octanol–water partition coefficient (Wildman–Crippen LogP) is 3.39. The molecule has 0 atom stereocenters. The van der Waals surface area contributed by atoms with Gasteiger partial charge in [-0.3, -0.25) is 0 Å². The minimum Gasteiger partial charge on any atom is -0.411 e. The summed E-state index contributed by atoms with van der Waals surface area (Å²) in [5.74, 6) is 0. The molecule has 0 heterocycles. The molecule has 0 aliphatic rings. The van der Waals surface area contributed by atoms with Crippen molar-refractivity contribution in [1.82, 2.24) is 0 Å². The second kappa shape index (κ2) is 4.49. The van der Waals surface area contributed by atoms with E-state index in [-0.39, 0.29) is 0 Å². The van der Waals surface area contributed by atoms with Gasteiger partial charge >= 0.3 is 0 Å². The second-order valence-electron chi connectivity index (χ2n) is 2.76. The van der Waals surface area contributed by atoms with Crippen molar-refractivity contribution in [2.75, 3.05) is 0 Å². The lowest BCUT2D eigenvalue weighted by atomic mass is 10.1. The third-order valence-electron chi connectivity index (χ3n) is 1.61. The number of nitrogens with zero attached hydrogens (tertiary/aromatic N) is 1. The first-order valence-corrected chi connectivity index (χ1v) is 4.50. The van der Waals surface area contributed by atoms with Crippen LogP contribution in [0.25, 0.3) is 0 Å². The van der Waals surface area contributed by atoms with Gasteiger partial charge < -0.3 is 5.21 Å². The minimum absolute atomic E-state index is 0.518. The molecule has 2 nitrogen and oxygen atoms in total. The van der Waals surface area contributed by atoms with Crippen LogP contribution in [0.4, 0.5) is 0 Å². The molecule has 0 aliphatic carbocycles. The Morgan fingerprint density at radius 2 is 2.08 bits per heavy atom. The Morgan fingerprint density at radius 3 is 2.62 bits per heavy atom. The summed E-state index contributed by atoms with van der Waals surface area (Å²) in [5.41, 5.74) is 1.61. The van der Waals surface area contributed by atoms with Crippen molar-refractivity contribution < 1.29 is 5.21 Å². The maximum atomic E-state index is 8.45. The van der Waals surface area contributed by atoms with Gasteiger partial charge in [-0.1, -0.05) is 34.4 Å². The van der Waals surface area contributed by atoms with Crippen LogP contribution in [-0.4, -0.2) is 10.9 Å². The largest absolute Gasteiger partial charge is 0.411 e. The van der Waals surface area contributed by atoms with E-state index in [1.807, 2.05) is 6.07 Å². The average Bonchev–Trinajstić information content (AvgIpc) is 2.11. The topological polar surface area (TPSA) is 32.6 Å². The molecule has 0 aliphatic heterocycles. The number of rotatable bonds is 2. The average molecular weight is 218 g/mol. The quantitative estimate of drug-likeness (QED) is 0.460. The van der Waals surface area contributed by atoms with Gasteiger partial charge in [-0.2, -0.15) is 0 Å². The Bertz CT molecular complexity index is 336. The van der Waals surface area contributed by atoms with Gasteiger partial charge in [0.25, 0.3) is 0 Å². The van der Waals surface area contributed by atoms with E-state index in [9.17, 15) is 0 Å². The normalized spacial score (nSPS) is 11.8. The summed E-state index contributed by atoms with van der Waals surface area (Å²) in [4.78, 5) is 0. The predicted molar refractivity (Wildman–Crippen MR) is 55.1 cm³/mol. The summed E-state index contributed by atoms with van der Waals surface area (Å²) in [5, 5.41) is 12.6. The Kier molecular flexibility index (Phi) is 3.58. The fourth-order valence-electron chi connectivity index (χ4n) is 0.980. The zero-order valence-corrected chi connectivity index (χ0v) is 8.60. The first kappa shape index (κ1) is 10.4. The zero-order valence-electron chi connectivity index (χ0n) is 7.09. The van der Waals surface area contributed by atoms with E-state index >= 15 is 0 Å². The van der Waals surface area contributed by atoms with Gasteiger partial charge in [0.2, 0.25) is 0 Å². The van der Waals surface area contributed by atoms with Crippen molar-refractivity contribution in [2.45, 2.75) is 13.3 Å². The van der Waals surface area contributed by atoms with Crippen molar-refractivity contribution in [1.29, 1.82) is 0 Å². The molecule has 0 amide bonds. The van der Waals surface area contributed by atoms with E-state index in [1.54, 1.807) is 19.1 Å². The molecule has 0 saturated carbocycles. The molecular weight excluding hydrogens is 209 g/mol. The fourth-order valence-corrected chi connectivity index (χ4v) is 1.30. The standard InChI is InChI=1S/C9H9Cl2NO/c1-6(12-13)4-7-2-3-8(10)9(11)5-7/h2-3,5,13H,4H2,1H3. The smallest absolute Gasteiger partial charge is 0.0595 e. The molecule has 1 rings (SSSR count). The summed E-state index contributed by atoms with van der Waals surface area (Å²) in [6, 6.07) is 5.34. The molecule has 1 aromatic carbocycles. The maximum Gasteiger partial charge on any atom is 0.0595 e. The zero-order chi connectivity index (χ0) is 9.84. The maximum absolute atomic E-state index is 8.45. The SMILES string of the molecule is CC(Cc1ccc(Cl)c(Cl)c1)=NO. The molecular formula is C9H9Cl2NO. The van der Waals surface area contributed by atoms with Gasteiger partial charge in [0.1, 0.15) is 0 Å². The van der Waals surface area contributed by atoms with Crippen LogP contribution in [0.2, 0.25) is 10.0 Å². The molecule has 0 fully saturated rings.